The van der Waals surface area contributed by atoms with Gasteiger partial charge in [0.2, 0.25) is 10.0 Å². The molecule has 0 spiro atoms. The van der Waals surface area contributed by atoms with E-state index in [2.05, 4.69) is 4.98 Å². The molecule has 0 aliphatic heterocycles. The summed E-state index contributed by atoms with van der Waals surface area (Å²) in [5, 5.41) is 4.25. The molecule has 1 rings (SSSR count). The van der Waals surface area contributed by atoms with E-state index < -0.39 is 32.1 Å². The topological polar surface area (TPSA) is 73.1 Å². The van der Waals surface area contributed by atoms with Gasteiger partial charge in [-0.25, -0.2) is 27.3 Å². The molecule has 0 bridgehead atoms. The highest BCUT2D eigenvalue weighted by Gasteiger charge is 2.27. The zero-order chi connectivity index (χ0) is 11.8. The molecule has 1 aromatic rings. The lowest BCUT2D eigenvalue weighted by molar-refractivity contribution is 0.147. The fraction of sp³-hybridized carbons (Fsp3) is 0.167. The fourth-order valence-electron chi connectivity index (χ4n) is 0.942. The lowest BCUT2D eigenvalue weighted by Crippen LogP contribution is -2.17. The number of nitrogens with two attached hydrogens (primary N) is 1. The SMILES string of the molecule is NS(=O)(=O)c1c(I)cnc(Cl)c1C(F)F. The van der Waals surface area contributed by atoms with E-state index in [0.29, 0.717) is 0 Å². The number of sulfonamides is 1. The van der Waals surface area contributed by atoms with Gasteiger partial charge < -0.3 is 0 Å². The summed E-state index contributed by atoms with van der Waals surface area (Å²) in [6, 6.07) is 0. The Hall–Kier alpha value is -0.0600. The van der Waals surface area contributed by atoms with Crippen molar-refractivity contribution in [3.8, 4) is 0 Å². The van der Waals surface area contributed by atoms with Crippen molar-refractivity contribution < 1.29 is 17.2 Å². The van der Waals surface area contributed by atoms with Crippen molar-refractivity contribution in [1.82, 2.24) is 4.98 Å². The molecule has 0 fully saturated rings. The van der Waals surface area contributed by atoms with Gasteiger partial charge in [-0.05, 0) is 22.6 Å². The monoisotopic (exact) mass is 368 g/mol. The van der Waals surface area contributed by atoms with Crippen LogP contribution in [0.1, 0.15) is 12.0 Å². The second-order valence-corrected chi connectivity index (χ2v) is 5.50. The van der Waals surface area contributed by atoms with E-state index in [1.54, 1.807) is 22.6 Å². The number of hydrogen-bond acceptors (Lipinski definition) is 3. The Morgan fingerprint density at radius 2 is 2.07 bits per heavy atom. The first-order valence-corrected chi connectivity index (χ1v) is 6.40. The van der Waals surface area contributed by atoms with Gasteiger partial charge in [0.1, 0.15) is 10.0 Å². The lowest BCUT2D eigenvalue weighted by Gasteiger charge is -2.09. The molecular formula is C6H4ClF2IN2O2S. The van der Waals surface area contributed by atoms with E-state index in [9.17, 15) is 17.2 Å². The third kappa shape index (κ3) is 2.74. The van der Waals surface area contributed by atoms with Crippen molar-refractivity contribution in [2.75, 3.05) is 0 Å². The first kappa shape index (κ1) is 13.0. The van der Waals surface area contributed by atoms with E-state index in [1.807, 2.05) is 0 Å². The quantitative estimate of drug-likeness (QED) is 0.640. The molecule has 0 radical (unpaired) electrons. The standard InChI is InChI=1S/C6H4ClF2IN2O2S/c7-5-3(6(8)9)4(15(11,13)14)2(10)1-12-5/h1,6H,(H2,11,13,14). The van der Waals surface area contributed by atoms with E-state index in [-0.39, 0.29) is 3.57 Å². The van der Waals surface area contributed by atoms with Crippen molar-refractivity contribution in [3.63, 3.8) is 0 Å². The Morgan fingerprint density at radius 1 is 1.53 bits per heavy atom. The summed E-state index contributed by atoms with van der Waals surface area (Å²) in [5.74, 6) is 0. The highest BCUT2D eigenvalue weighted by Crippen LogP contribution is 2.33. The van der Waals surface area contributed by atoms with Crippen LogP contribution in [-0.2, 0) is 10.0 Å². The van der Waals surface area contributed by atoms with E-state index in [1.165, 1.54) is 0 Å². The molecule has 15 heavy (non-hydrogen) atoms. The van der Waals surface area contributed by atoms with Gasteiger partial charge in [0.05, 0.1) is 9.13 Å². The highest BCUT2D eigenvalue weighted by molar-refractivity contribution is 14.1. The van der Waals surface area contributed by atoms with Crippen LogP contribution in [0.4, 0.5) is 8.78 Å². The summed E-state index contributed by atoms with van der Waals surface area (Å²) < 4.78 is 47.3. The van der Waals surface area contributed by atoms with E-state index in [4.69, 9.17) is 16.7 Å². The van der Waals surface area contributed by atoms with Crippen LogP contribution in [0.3, 0.4) is 0 Å². The van der Waals surface area contributed by atoms with Gasteiger partial charge >= 0.3 is 0 Å². The summed E-state index contributed by atoms with van der Waals surface area (Å²) in [6.45, 7) is 0. The number of primary sulfonamides is 1. The summed E-state index contributed by atoms with van der Waals surface area (Å²) in [5.41, 5.74) is -0.855. The van der Waals surface area contributed by atoms with Crippen LogP contribution in [0.5, 0.6) is 0 Å². The number of pyridine rings is 1. The van der Waals surface area contributed by atoms with Crippen molar-refractivity contribution in [1.29, 1.82) is 0 Å². The number of rotatable bonds is 2. The van der Waals surface area contributed by atoms with Crippen LogP contribution >= 0.6 is 34.2 Å². The van der Waals surface area contributed by atoms with Gasteiger partial charge in [-0.3, -0.25) is 0 Å². The zero-order valence-electron chi connectivity index (χ0n) is 6.92. The maximum absolute atomic E-state index is 12.6. The Kier molecular flexibility index (Phi) is 3.85. The third-order valence-corrected chi connectivity index (χ3v) is 3.97. The normalized spacial score (nSPS) is 12.1. The Morgan fingerprint density at radius 3 is 2.40 bits per heavy atom. The molecule has 0 saturated heterocycles. The molecule has 9 heteroatoms. The van der Waals surface area contributed by atoms with Crippen LogP contribution in [-0.4, -0.2) is 13.4 Å². The summed E-state index contributed by atoms with van der Waals surface area (Å²) in [4.78, 5) is 2.76. The van der Waals surface area contributed by atoms with E-state index in [0.717, 1.165) is 6.20 Å². The largest absolute Gasteiger partial charge is 0.268 e. The van der Waals surface area contributed by atoms with Gasteiger partial charge in [-0.1, -0.05) is 11.6 Å². The van der Waals surface area contributed by atoms with Crippen molar-refractivity contribution >= 4 is 44.2 Å². The number of aromatic nitrogens is 1. The summed E-state index contributed by atoms with van der Waals surface area (Å²) in [6.07, 6.45) is -1.98. The molecule has 1 heterocycles. The molecule has 0 aliphatic rings. The number of alkyl halides is 2. The van der Waals surface area contributed by atoms with Crippen molar-refractivity contribution in [3.05, 3.63) is 20.5 Å². The van der Waals surface area contributed by atoms with Crippen LogP contribution in [0.25, 0.3) is 0 Å². The van der Waals surface area contributed by atoms with Gasteiger partial charge in [-0.15, -0.1) is 0 Å². The molecule has 0 unspecified atom stereocenters. The van der Waals surface area contributed by atoms with Crippen LogP contribution in [0.2, 0.25) is 5.15 Å². The minimum Gasteiger partial charge on any atom is -0.243 e. The molecule has 0 aliphatic carbocycles. The second kappa shape index (κ2) is 4.44. The summed E-state index contributed by atoms with van der Waals surface area (Å²) in [7, 11) is -4.24. The number of halogens is 4. The maximum Gasteiger partial charge on any atom is 0.268 e. The predicted octanol–water partition coefficient (Wildman–Crippen LogP) is 1.92. The average molecular weight is 369 g/mol. The molecule has 1 aromatic heterocycles. The molecule has 84 valence electrons. The van der Waals surface area contributed by atoms with Gasteiger partial charge in [0, 0.05) is 6.20 Å². The molecule has 0 saturated carbocycles. The van der Waals surface area contributed by atoms with Crippen LogP contribution in [0.15, 0.2) is 11.1 Å². The molecule has 2 N–H and O–H groups in total. The van der Waals surface area contributed by atoms with Crippen LogP contribution < -0.4 is 5.14 Å². The van der Waals surface area contributed by atoms with Crippen molar-refractivity contribution in [2.45, 2.75) is 11.3 Å². The lowest BCUT2D eigenvalue weighted by atomic mass is 10.3. The van der Waals surface area contributed by atoms with E-state index >= 15 is 0 Å². The summed E-state index contributed by atoms with van der Waals surface area (Å²) >= 11 is 6.94. The average Bonchev–Trinajstić information content (AvgIpc) is 2.05. The Balaban J connectivity index is 3.68. The Bertz CT molecular complexity index is 494. The minimum absolute atomic E-state index is 0.00907. The van der Waals surface area contributed by atoms with Crippen LogP contribution in [0, 0.1) is 3.57 Å². The third-order valence-electron chi connectivity index (χ3n) is 1.48. The fourth-order valence-corrected chi connectivity index (χ4v) is 3.39. The molecule has 0 amide bonds. The van der Waals surface area contributed by atoms with Crippen molar-refractivity contribution in [2.24, 2.45) is 5.14 Å². The van der Waals surface area contributed by atoms with Gasteiger partial charge in [-0.2, -0.15) is 0 Å². The number of hydrogen-bond donors (Lipinski definition) is 1. The predicted molar refractivity (Wildman–Crippen MR) is 58.3 cm³/mol. The Labute approximate surface area is 103 Å². The van der Waals surface area contributed by atoms with Gasteiger partial charge in [0.25, 0.3) is 6.43 Å². The second-order valence-electron chi connectivity index (χ2n) is 2.49. The molecule has 0 atom stereocenters. The first-order valence-electron chi connectivity index (χ1n) is 3.40. The minimum atomic E-state index is -4.24. The molecule has 4 nitrogen and oxygen atoms in total. The zero-order valence-corrected chi connectivity index (χ0v) is 10.6. The molecule has 0 aromatic carbocycles. The maximum atomic E-state index is 12.6. The highest BCUT2D eigenvalue weighted by atomic mass is 127. The molecular weight excluding hydrogens is 364 g/mol. The van der Waals surface area contributed by atoms with Gasteiger partial charge in [0.15, 0.2) is 0 Å². The first-order chi connectivity index (χ1) is 6.75. The smallest absolute Gasteiger partial charge is 0.243 e. The number of nitrogens with zero attached hydrogens (tertiary/aromatic N) is 1.